The lowest BCUT2D eigenvalue weighted by molar-refractivity contribution is -0.141. The van der Waals surface area contributed by atoms with Crippen molar-refractivity contribution >= 4 is 33.3 Å². The third-order valence-electron chi connectivity index (χ3n) is 7.20. The lowest BCUT2D eigenvalue weighted by Crippen LogP contribution is -2.56. The van der Waals surface area contributed by atoms with Crippen LogP contribution >= 0.6 is 11.6 Å². The summed E-state index contributed by atoms with van der Waals surface area (Å²) in [5.41, 5.74) is 2.50. The molecule has 38 heavy (non-hydrogen) atoms. The first-order chi connectivity index (χ1) is 18.0. The molecule has 2 aliphatic rings. The van der Waals surface area contributed by atoms with E-state index >= 15 is 0 Å². The molecule has 0 aromatic heterocycles. The van der Waals surface area contributed by atoms with Gasteiger partial charge in [-0.3, -0.25) is 0 Å². The summed E-state index contributed by atoms with van der Waals surface area (Å²) in [5, 5.41) is 0.362. The van der Waals surface area contributed by atoms with Crippen LogP contribution in [0.15, 0.2) is 59.5 Å². The summed E-state index contributed by atoms with van der Waals surface area (Å²) < 4.78 is 56.0. The van der Waals surface area contributed by atoms with Gasteiger partial charge in [-0.25, -0.2) is 17.6 Å². The zero-order valence-electron chi connectivity index (χ0n) is 21.4. The predicted molar refractivity (Wildman–Crippen MR) is 142 cm³/mol. The summed E-state index contributed by atoms with van der Waals surface area (Å²) in [5.74, 6) is -1.92. The van der Waals surface area contributed by atoms with Crippen LogP contribution in [0, 0.1) is 12.7 Å². The maximum absolute atomic E-state index is 14.9. The van der Waals surface area contributed by atoms with Crippen LogP contribution in [-0.2, 0) is 26.2 Å². The number of fused-ring (bicyclic) bond motifs is 2. The number of esters is 1. The van der Waals surface area contributed by atoms with Crippen LogP contribution in [0.3, 0.4) is 0 Å². The number of ether oxygens (including phenoxy) is 2. The largest absolute Gasteiger partial charge is 0.425 e. The van der Waals surface area contributed by atoms with E-state index in [-0.39, 0.29) is 29.5 Å². The quantitative estimate of drug-likeness (QED) is 0.302. The van der Waals surface area contributed by atoms with E-state index in [0.29, 0.717) is 21.8 Å². The molecule has 3 atom stereocenters. The van der Waals surface area contributed by atoms with Gasteiger partial charge >= 0.3 is 5.97 Å². The number of anilines is 1. The summed E-state index contributed by atoms with van der Waals surface area (Å²) >= 11 is 6.41. The van der Waals surface area contributed by atoms with Gasteiger partial charge in [0.25, 0.3) is 0 Å². The molecule has 0 spiro atoms. The molecule has 0 N–H and O–H groups in total. The molecule has 0 fully saturated rings. The van der Waals surface area contributed by atoms with Crippen molar-refractivity contribution in [2.45, 2.75) is 50.3 Å². The average molecular weight is 559 g/mol. The van der Waals surface area contributed by atoms with Gasteiger partial charge in [0, 0.05) is 29.1 Å². The van der Waals surface area contributed by atoms with Gasteiger partial charge in [0.15, 0.2) is 0 Å². The third kappa shape index (κ3) is 4.47. The maximum Gasteiger partial charge on any atom is 0.330 e. The van der Waals surface area contributed by atoms with Crippen molar-refractivity contribution in [2.75, 3.05) is 18.6 Å². The summed E-state index contributed by atoms with van der Waals surface area (Å²) in [7, 11) is -2.54. The van der Waals surface area contributed by atoms with E-state index in [9.17, 15) is 17.6 Å². The lowest BCUT2D eigenvalue weighted by Gasteiger charge is -2.43. The highest BCUT2D eigenvalue weighted by Gasteiger charge is 2.49. The minimum Gasteiger partial charge on any atom is -0.425 e. The van der Waals surface area contributed by atoms with Crippen molar-refractivity contribution in [3.63, 3.8) is 0 Å². The number of nitrogens with zero attached hydrogens (tertiary/aromatic N) is 2. The second-order valence-electron chi connectivity index (χ2n) is 9.78. The Bertz CT molecular complexity index is 1520. The van der Waals surface area contributed by atoms with Crippen molar-refractivity contribution < 1.29 is 27.1 Å². The molecule has 0 radical (unpaired) electrons. The van der Waals surface area contributed by atoms with Gasteiger partial charge in [0.2, 0.25) is 10.0 Å². The fourth-order valence-electron chi connectivity index (χ4n) is 5.20. The van der Waals surface area contributed by atoms with Gasteiger partial charge in [-0.2, -0.15) is 4.31 Å². The Morgan fingerprint density at radius 3 is 2.61 bits per heavy atom. The summed E-state index contributed by atoms with van der Waals surface area (Å²) in [6, 6.07) is 14.3. The van der Waals surface area contributed by atoms with Crippen LogP contribution < -0.4 is 9.64 Å². The fourth-order valence-corrected chi connectivity index (χ4v) is 7.55. The van der Waals surface area contributed by atoms with Crippen LogP contribution in [0.2, 0.25) is 5.02 Å². The van der Waals surface area contributed by atoms with E-state index in [2.05, 4.69) is 0 Å². The van der Waals surface area contributed by atoms with Crippen LogP contribution in [0.5, 0.6) is 5.75 Å². The van der Waals surface area contributed by atoms with Crippen molar-refractivity contribution in [3.8, 4) is 5.75 Å². The molecule has 0 amide bonds. The predicted octanol–water partition coefficient (Wildman–Crippen LogP) is 5.55. The zero-order chi connectivity index (χ0) is 27.4. The third-order valence-corrected chi connectivity index (χ3v) is 9.34. The van der Waals surface area contributed by atoms with E-state index in [1.54, 1.807) is 44.9 Å². The van der Waals surface area contributed by atoms with Crippen LogP contribution in [0.25, 0.3) is 0 Å². The van der Waals surface area contributed by atoms with Crippen molar-refractivity contribution in [2.24, 2.45) is 0 Å². The minimum absolute atomic E-state index is 0.00622. The topological polar surface area (TPSA) is 76.2 Å². The Morgan fingerprint density at radius 1 is 1.18 bits per heavy atom. The molecule has 3 aromatic carbocycles. The number of carbonyl (C=O) groups is 1. The SMILES string of the molecule is Cc1ccc(F)c2c1OC(=O)[C@@H](N1CN(C)c3cc(Cl)cc(C(C)OCc4ccccc4)c3S1(=O)=O)C2C. The summed E-state index contributed by atoms with van der Waals surface area (Å²) in [6.45, 7) is 5.25. The van der Waals surface area contributed by atoms with Gasteiger partial charge in [-0.05, 0) is 43.2 Å². The highest BCUT2D eigenvalue weighted by atomic mass is 35.5. The molecule has 2 unspecified atom stereocenters. The van der Waals surface area contributed by atoms with Crippen molar-refractivity contribution in [3.05, 3.63) is 87.7 Å². The smallest absolute Gasteiger partial charge is 0.330 e. The van der Waals surface area contributed by atoms with Crippen LogP contribution in [0.4, 0.5) is 10.1 Å². The molecule has 0 saturated heterocycles. The Hall–Kier alpha value is -2.98. The molecule has 5 rings (SSSR count). The molecule has 7 nitrogen and oxygen atoms in total. The molecule has 2 aliphatic heterocycles. The van der Waals surface area contributed by atoms with E-state index in [4.69, 9.17) is 21.1 Å². The van der Waals surface area contributed by atoms with Gasteiger partial charge in [0.1, 0.15) is 22.5 Å². The number of carbonyl (C=O) groups excluding carboxylic acids is 1. The number of aryl methyl sites for hydroxylation is 1. The lowest BCUT2D eigenvalue weighted by atomic mass is 9.88. The first kappa shape index (κ1) is 26.6. The van der Waals surface area contributed by atoms with Gasteiger partial charge in [-0.15, -0.1) is 0 Å². The molecule has 0 bridgehead atoms. The minimum atomic E-state index is -4.25. The first-order valence-electron chi connectivity index (χ1n) is 12.2. The molecular formula is C28H28ClFN2O5S. The number of hydrogen-bond acceptors (Lipinski definition) is 6. The number of halogens is 2. The normalized spacial score (nSPS) is 21.4. The number of rotatable bonds is 5. The molecular weight excluding hydrogens is 531 g/mol. The fraction of sp³-hybridized carbons (Fsp3) is 0.321. The Balaban J connectivity index is 1.56. The number of sulfonamides is 1. The first-order valence-corrected chi connectivity index (χ1v) is 14.0. The van der Waals surface area contributed by atoms with Crippen molar-refractivity contribution in [1.29, 1.82) is 0 Å². The maximum atomic E-state index is 14.9. The molecule has 3 aromatic rings. The second-order valence-corrected chi connectivity index (χ2v) is 12.0. The molecule has 0 saturated carbocycles. The van der Waals surface area contributed by atoms with E-state index in [1.807, 2.05) is 30.3 Å². The van der Waals surface area contributed by atoms with Crippen molar-refractivity contribution in [1.82, 2.24) is 4.31 Å². The van der Waals surface area contributed by atoms with Gasteiger partial charge in [0.05, 0.1) is 25.1 Å². The van der Waals surface area contributed by atoms with Crippen LogP contribution in [-0.4, -0.2) is 38.5 Å². The number of benzene rings is 3. The summed E-state index contributed by atoms with van der Waals surface area (Å²) in [6.07, 6.45) is -0.637. The van der Waals surface area contributed by atoms with Gasteiger partial charge in [-0.1, -0.05) is 54.9 Å². The Kier molecular flexibility index (Phi) is 6.98. The highest BCUT2D eigenvalue weighted by molar-refractivity contribution is 7.89. The van der Waals surface area contributed by atoms with Crippen LogP contribution in [0.1, 0.15) is 48.1 Å². The Morgan fingerprint density at radius 2 is 1.89 bits per heavy atom. The molecule has 2 heterocycles. The molecule has 0 aliphatic carbocycles. The van der Waals surface area contributed by atoms with E-state index in [1.165, 1.54) is 12.1 Å². The standard InChI is InChI=1S/C28H28ClFN2O5S/c1-16-10-11-22(30)24-17(2)25(28(33)37-26(16)24)32-15-31(4)23-13-20(29)12-21(27(23)38(32,34)35)18(3)36-14-19-8-6-5-7-9-19/h5-13,17-18,25H,14-15H2,1-4H3/t17?,18?,25-/m0/s1. The average Bonchev–Trinajstić information content (AvgIpc) is 2.87. The molecule has 10 heteroatoms. The Labute approximate surface area is 226 Å². The van der Waals surface area contributed by atoms with Gasteiger partial charge < -0.3 is 14.4 Å². The number of hydrogen-bond donors (Lipinski definition) is 0. The summed E-state index contributed by atoms with van der Waals surface area (Å²) in [4.78, 5) is 15.0. The monoisotopic (exact) mass is 558 g/mol. The zero-order valence-corrected chi connectivity index (χ0v) is 23.0. The second kappa shape index (κ2) is 9.96. The highest BCUT2D eigenvalue weighted by Crippen LogP contribution is 2.46. The molecule has 200 valence electrons. The van der Waals surface area contributed by atoms with E-state index < -0.39 is 39.9 Å². The van der Waals surface area contributed by atoms with E-state index in [0.717, 1.165) is 9.87 Å².